The molecule has 0 aliphatic carbocycles. The summed E-state index contributed by atoms with van der Waals surface area (Å²) in [4.78, 5) is 0. The largest absolute Gasteiger partial charge is 0.493 e. The molecule has 1 N–H and O–H groups in total. The minimum Gasteiger partial charge on any atom is -0.493 e. The van der Waals surface area contributed by atoms with Crippen LogP contribution in [0, 0.1) is 0 Å². The van der Waals surface area contributed by atoms with Crippen molar-refractivity contribution in [2.24, 2.45) is 0 Å². The van der Waals surface area contributed by atoms with Gasteiger partial charge in [0.1, 0.15) is 12.1 Å². The number of benzene rings is 1. The van der Waals surface area contributed by atoms with Gasteiger partial charge in [-0.2, -0.15) is 0 Å². The summed E-state index contributed by atoms with van der Waals surface area (Å²) < 4.78 is 7.43. The predicted octanol–water partition coefficient (Wildman–Crippen LogP) is 1.60. The maximum absolute atomic E-state index is 5.53. The minimum absolute atomic E-state index is 0.296. The van der Waals surface area contributed by atoms with E-state index in [4.69, 9.17) is 4.74 Å². The zero-order valence-electron chi connectivity index (χ0n) is 9.67. The molecule has 92 valence electrons. The van der Waals surface area contributed by atoms with Crippen molar-refractivity contribution < 1.29 is 4.74 Å². The van der Waals surface area contributed by atoms with Gasteiger partial charge in [-0.1, -0.05) is 17.8 Å². The fraction of sp³-hybridized carbons (Fsp3) is 0.333. The van der Waals surface area contributed by atoms with Crippen molar-refractivity contribution in [2.75, 3.05) is 17.8 Å². The molecule has 4 rings (SSSR count). The number of aromatic nitrogens is 3. The van der Waals surface area contributed by atoms with Gasteiger partial charge in [-0.05, 0) is 23.3 Å². The number of hydrogen-bond donors (Lipinski definition) is 1. The van der Waals surface area contributed by atoms with Crippen LogP contribution in [-0.2, 0) is 6.42 Å². The third kappa shape index (κ3) is 1.56. The van der Waals surface area contributed by atoms with Gasteiger partial charge in [-0.15, -0.1) is 10.2 Å². The first-order chi connectivity index (χ1) is 8.90. The van der Waals surface area contributed by atoms with Crippen LogP contribution in [0.1, 0.15) is 17.2 Å². The number of rotatable bonds is 1. The summed E-state index contributed by atoms with van der Waals surface area (Å²) in [5.74, 6) is 2.01. The average molecular weight is 260 g/mol. The molecule has 2 aliphatic heterocycles. The quantitative estimate of drug-likeness (QED) is 0.844. The molecule has 2 aromatic rings. The molecule has 0 spiro atoms. The lowest BCUT2D eigenvalue weighted by Crippen LogP contribution is -2.27. The van der Waals surface area contributed by atoms with E-state index in [1.165, 1.54) is 11.1 Å². The number of nitrogens with one attached hydrogen (secondary N) is 1. The lowest BCUT2D eigenvalue weighted by Gasteiger charge is -2.25. The number of fused-ring (bicyclic) bond motifs is 2. The lowest BCUT2D eigenvalue weighted by molar-refractivity contribution is 0.357. The number of thioether (sulfide) groups is 1. The molecular weight excluding hydrogens is 248 g/mol. The number of hydrogen-bond acceptors (Lipinski definition) is 5. The van der Waals surface area contributed by atoms with E-state index in [-0.39, 0.29) is 0 Å². The van der Waals surface area contributed by atoms with Crippen molar-refractivity contribution in [3.05, 3.63) is 35.7 Å². The summed E-state index contributed by atoms with van der Waals surface area (Å²) in [6, 6.07) is 6.75. The van der Waals surface area contributed by atoms with Gasteiger partial charge in [0.25, 0.3) is 0 Å². The fourth-order valence-corrected chi connectivity index (χ4v) is 3.29. The summed E-state index contributed by atoms with van der Waals surface area (Å²) in [6.45, 7) is 0.807. The van der Waals surface area contributed by atoms with E-state index in [2.05, 4.69) is 33.8 Å². The van der Waals surface area contributed by atoms with Crippen molar-refractivity contribution in [3.63, 3.8) is 0 Å². The van der Waals surface area contributed by atoms with Gasteiger partial charge in [0.15, 0.2) is 0 Å². The van der Waals surface area contributed by atoms with Crippen LogP contribution >= 0.6 is 11.8 Å². The molecule has 0 saturated carbocycles. The molecule has 1 aromatic carbocycles. The SMILES string of the molecule is c1cc2c(cc1C1CSc3nncn3N1)CCO2. The molecule has 1 atom stereocenters. The normalized spacial score (nSPS) is 20.8. The van der Waals surface area contributed by atoms with E-state index in [0.717, 1.165) is 29.7 Å². The van der Waals surface area contributed by atoms with Crippen molar-refractivity contribution in [1.29, 1.82) is 0 Å². The molecule has 0 saturated heterocycles. The van der Waals surface area contributed by atoms with E-state index in [1.54, 1.807) is 18.1 Å². The van der Waals surface area contributed by atoms with Crippen LogP contribution in [-0.4, -0.2) is 27.2 Å². The molecule has 0 radical (unpaired) electrons. The van der Waals surface area contributed by atoms with Crippen LogP contribution in [0.3, 0.4) is 0 Å². The third-order valence-corrected chi connectivity index (χ3v) is 4.34. The first-order valence-electron chi connectivity index (χ1n) is 5.95. The van der Waals surface area contributed by atoms with Crippen LogP contribution in [0.2, 0.25) is 0 Å². The van der Waals surface area contributed by atoms with E-state index < -0.39 is 0 Å². The molecule has 1 unspecified atom stereocenters. The zero-order valence-corrected chi connectivity index (χ0v) is 10.5. The summed E-state index contributed by atoms with van der Waals surface area (Å²) in [6.07, 6.45) is 2.73. The summed E-state index contributed by atoms with van der Waals surface area (Å²) in [7, 11) is 0. The molecular formula is C12H12N4OS. The van der Waals surface area contributed by atoms with E-state index in [0.29, 0.717) is 6.04 Å². The molecule has 0 amide bonds. The Bertz CT molecular complexity index is 598. The Morgan fingerprint density at radius 2 is 2.44 bits per heavy atom. The van der Waals surface area contributed by atoms with Gasteiger partial charge in [-0.3, -0.25) is 0 Å². The summed E-state index contributed by atoms with van der Waals surface area (Å²) in [5.41, 5.74) is 6.03. The smallest absolute Gasteiger partial charge is 0.209 e. The van der Waals surface area contributed by atoms with Crippen LogP contribution in [0.15, 0.2) is 29.7 Å². The predicted molar refractivity (Wildman–Crippen MR) is 68.5 cm³/mol. The van der Waals surface area contributed by atoms with Crippen LogP contribution in [0.4, 0.5) is 0 Å². The second-order valence-corrected chi connectivity index (χ2v) is 5.43. The Balaban J connectivity index is 1.65. The second kappa shape index (κ2) is 3.91. The molecule has 0 fully saturated rings. The maximum Gasteiger partial charge on any atom is 0.209 e. The van der Waals surface area contributed by atoms with E-state index >= 15 is 0 Å². The fourth-order valence-electron chi connectivity index (χ4n) is 2.37. The monoisotopic (exact) mass is 260 g/mol. The highest BCUT2D eigenvalue weighted by Crippen LogP contribution is 2.32. The van der Waals surface area contributed by atoms with Crippen molar-refractivity contribution in [1.82, 2.24) is 14.9 Å². The Hall–Kier alpha value is -1.69. The van der Waals surface area contributed by atoms with E-state index in [1.807, 2.05) is 4.68 Å². The summed E-state index contributed by atoms with van der Waals surface area (Å²) in [5, 5.41) is 8.86. The molecule has 18 heavy (non-hydrogen) atoms. The highest BCUT2D eigenvalue weighted by molar-refractivity contribution is 7.99. The highest BCUT2D eigenvalue weighted by Gasteiger charge is 2.22. The van der Waals surface area contributed by atoms with Gasteiger partial charge >= 0.3 is 0 Å². The molecule has 6 heteroatoms. The standard InChI is InChI=1S/C12H12N4OS/c1-2-11-9(3-4-17-11)5-8(1)10-6-18-12-14-13-7-16(12)15-10/h1-2,5,7,10,15H,3-4,6H2. The zero-order chi connectivity index (χ0) is 11.9. The Labute approximate surface area is 109 Å². The topological polar surface area (TPSA) is 52.0 Å². The third-order valence-electron chi connectivity index (χ3n) is 3.31. The molecule has 5 nitrogen and oxygen atoms in total. The van der Waals surface area contributed by atoms with Crippen molar-refractivity contribution in [3.8, 4) is 5.75 Å². The molecule has 0 bridgehead atoms. The van der Waals surface area contributed by atoms with Gasteiger partial charge in [0, 0.05) is 12.2 Å². The van der Waals surface area contributed by atoms with Gasteiger partial charge in [0.05, 0.1) is 12.6 Å². The van der Waals surface area contributed by atoms with Crippen molar-refractivity contribution in [2.45, 2.75) is 17.6 Å². The van der Waals surface area contributed by atoms with Gasteiger partial charge < -0.3 is 10.2 Å². The lowest BCUT2D eigenvalue weighted by atomic mass is 10.0. The summed E-state index contributed by atoms with van der Waals surface area (Å²) >= 11 is 1.73. The first kappa shape index (κ1) is 10.3. The minimum atomic E-state index is 0.296. The molecule has 2 aliphatic rings. The number of nitrogens with zero attached hydrogens (tertiary/aromatic N) is 3. The van der Waals surface area contributed by atoms with Gasteiger partial charge in [0.2, 0.25) is 5.16 Å². The van der Waals surface area contributed by atoms with Crippen molar-refractivity contribution >= 4 is 11.8 Å². The van der Waals surface area contributed by atoms with Crippen LogP contribution in [0.25, 0.3) is 0 Å². The van der Waals surface area contributed by atoms with Crippen LogP contribution < -0.4 is 10.2 Å². The van der Waals surface area contributed by atoms with Crippen LogP contribution in [0.5, 0.6) is 5.75 Å². The Kier molecular flexibility index (Phi) is 2.23. The Morgan fingerprint density at radius 3 is 3.44 bits per heavy atom. The molecule has 1 aromatic heterocycles. The second-order valence-electron chi connectivity index (χ2n) is 4.44. The Morgan fingerprint density at radius 1 is 1.44 bits per heavy atom. The van der Waals surface area contributed by atoms with Gasteiger partial charge in [-0.25, -0.2) is 4.68 Å². The highest BCUT2D eigenvalue weighted by atomic mass is 32.2. The first-order valence-corrected chi connectivity index (χ1v) is 6.94. The maximum atomic E-state index is 5.53. The average Bonchev–Trinajstić information content (AvgIpc) is 3.05. The molecule has 3 heterocycles. The van der Waals surface area contributed by atoms with E-state index in [9.17, 15) is 0 Å². The number of ether oxygens (including phenoxy) is 1.